The molecule has 1 saturated heterocycles. The molecule has 0 aromatic heterocycles. The monoisotopic (exact) mass is 130 g/mol. The Morgan fingerprint density at radius 3 is 2.67 bits per heavy atom. The summed E-state index contributed by atoms with van der Waals surface area (Å²) in [7, 11) is 0. The van der Waals surface area contributed by atoms with Crippen molar-refractivity contribution in [3.05, 3.63) is 0 Å². The van der Waals surface area contributed by atoms with Crippen molar-refractivity contribution in [3.8, 4) is 0 Å². The molecule has 1 N–H and O–H groups in total. The van der Waals surface area contributed by atoms with Crippen LogP contribution >= 0.6 is 0 Å². The van der Waals surface area contributed by atoms with Crippen LogP contribution in [0.3, 0.4) is 0 Å². The maximum atomic E-state index is 10.0. The third-order valence-electron chi connectivity index (χ3n) is 1.47. The molecule has 0 aliphatic carbocycles. The zero-order valence-corrected chi connectivity index (χ0v) is 5.33. The second-order valence-electron chi connectivity index (χ2n) is 2.22. The van der Waals surface area contributed by atoms with E-state index in [9.17, 15) is 4.79 Å². The second kappa shape index (κ2) is 2.35. The fourth-order valence-electron chi connectivity index (χ4n) is 0.890. The maximum Gasteiger partial charge on any atom is 0.306 e. The fraction of sp³-hybridized carbons (Fsp3) is 0.833. The molecule has 3 nitrogen and oxygen atoms in total. The highest BCUT2D eigenvalue weighted by Gasteiger charge is 2.38. The normalized spacial score (nSPS) is 32.1. The van der Waals surface area contributed by atoms with Gasteiger partial charge < -0.3 is 9.84 Å². The predicted molar refractivity (Wildman–Crippen MR) is 31.2 cm³/mol. The Hall–Kier alpha value is -0.570. The molecule has 0 bridgehead atoms. The molecular weight excluding hydrogens is 120 g/mol. The van der Waals surface area contributed by atoms with E-state index in [-0.39, 0.29) is 18.6 Å². The molecule has 0 spiro atoms. The van der Waals surface area contributed by atoms with Crippen LogP contribution in [0.25, 0.3) is 0 Å². The average molecular weight is 130 g/mol. The Morgan fingerprint density at radius 2 is 2.33 bits per heavy atom. The molecule has 2 unspecified atom stereocenters. The van der Waals surface area contributed by atoms with Gasteiger partial charge in [-0.3, -0.25) is 4.79 Å². The highest BCUT2D eigenvalue weighted by Crippen LogP contribution is 2.27. The number of hydrogen-bond acceptors (Lipinski definition) is 2. The van der Waals surface area contributed by atoms with Gasteiger partial charge in [0.15, 0.2) is 0 Å². The van der Waals surface area contributed by atoms with E-state index in [0.717, 1.165) is 6.42 Å². The molecule has 0 amide bonds. The first kappa shape index (κ1) is 6.55. The first-order valence-corrected chi connectivity index (χ1v) is 3.11. The van der Waals surface area contributed by atoms with E-state index >= 15 is 0 Å². The zero-order valence-electron chi connectivity index (χ0n) is 5.33. The highest BCUT2D eigenvalue weighted by atomic mass is 16.6. The molecule has 1 fully saturated rings. The summed E-state index contributed by atoms with van der Waals surface area (Å²) in [5, 5.41) is 8.26. The van der Waals surface area contributed by atoms with Gasteiger partial charge in [-0.15, -0.1) is 0 Å². The molecule has 0 saturated carbocycles. The van der Waals surface area contributed by atoms with Crippen LogP contribution in [0.15, 0.2) is 0 Å². The van der Waals surface area contributed by atoms with Crippen LogP contribution in [0.1, 0.15) is 19.8 Å². The molecule has 1 heterocycles. The first-order chi connectivity index (χ1) is 4.24. The number of epoxide rings is 1. The summed E-state index contributed by atoms with van der Waals surface area (Å²) in [5.41, 5.74) is 0. The van der Waals surface area contributed by atoms with Gasteiger partial charge in [-0.25, -0.2) is 0 Å². The van der Waals surface area contributed by atoms with Crippen LogP contribution in [0, 0.1) is 0 Å². The van der Waals surface area contributed by atoms with Crippen LogP contribution in [-0.2, 0) is 9.53 Å². The van der Waals surface area contributed by atoms with Crippen molar-refractivity contribution in [1.29, 1.82) is 0 Å². The van der Waals surface area contributed by atoms with E-state index in [1.165, 1.54) is 0 Å². The molecule has 0 aromatic carbocycles. The van der Waals surface area contributed by atoms with E-state index < -0.39 is 5.97 Å². The molecule has 0 aromatic rings. The Labute approximate surface area is 53.6 Å². The standard InChI is InChI=1S/C6H10O3/c1-2-4-5(9-4)3-6(7)8/h4-5H,2-3H2,1H3,(H,7,8). The van der Waals surface area contributed by atoms with Gasteiger partial charge in [0.05, 0.1) is 18.6 Å². The minimum atomic E-state index is -0.768. The van der Waals surface area contributed by atoms with Crippen molar-refractivity contribution >= 4 is 5.97 Å². The second-order valence-corrected chi connectivity index (χ2v) is 2.22. The lowest BCUT2D eigenvalue weighted by Crippen LogP contribution is -2.02. The summed E-state index contributed by atoms with van der Waals surface area (Å²) in [6.07, 6.45) is 1.32. The van der Waals surface area contributed by atoms with Crippen LogP contribution < -0.4 is 0 Å². The summed E-state index contributed by atoms with van der Waals surface area (Å²) in [4.78, 5) is 10.0. The van der Waals surface area contributed by atoms with Gasteiger partial charge in [0.25, 0.3) is 0 Å². The largest absolute Gasteiger partial charge is 0.481 e. The molecule has 1 aliphatic heterocycles. The van der Waals surface area contributed by atoms with E-state index in [2.05, 4.69) is 0 Å². The predicted octanol–water partition coefficient (Wildman–Crippen LogP) is 0.639. The molecular formula is C6H10O3. The quantitative estimate of drug-likeness (QED) is 0.570. The molecule has 52 valence electrons. The van der Waals surface area contributed by atoms with Crippen molar-refractivity contribution < 1.29 is 14.6 Å². The summed E-state index contributed by atoms with van der Waals surface area (Å²) >= 11 is 0. The van der Waals surface area contributed by atoms with Gasteiger partial charge in [0.2, 0.25) is 0 Å². The van der Waals surface area contributed by atoms with E-state index in [0.29, 0.717) is 0 Å². The highest BCUT2D eigenvalue weighted by molar-refractivity contribution is 5.67. The lowest BCUT2D eigenvalue weighted by molar-refractivity contribution is -0.137. The Bertz CT molecular complexity index is 121. The minimum Gasteiger partial charge on any atom is -0.481 e. The number of hydrogen-bond donors (Lipinski definition) is 1. The SMILES string of the molecule is CCC1OC1CC(=O)O. The number of aliphatic carboxylic acids is 1. The first-order valence-electron chi connectivity index (χ1n) is 3.11. The van der Waals surface area contributed by atoms with Crippen LogP contribution in [-0.4, -0.2) is 23.3 Å². The number of carbonyl (C=O) groups is 1. The summed E-state index contributed by atoms with van der Waals surface area (Å²) in [5.74, 6) is -0.768. The topological polar surface area (TPSA) is 49.8 Å². The Kier molecular flexibility index (Phi) is 1.71. The van der Waals surface area contributed by atoms with Gasteiger partial charge in [0, 0.05) is 0 Å². The Balaban J connectivity index is 2.12. The number of carboxylic acids is 1. The number of ether oxygens (including phenoxy) is 1. The van der Waals surface area contributed by atoms with Gasteiger partial charge in [-0.1, -0.05) is 6.92 Å². The summed E-state index contributed by atoms with van der Waals surface area (Å²) < 4.78 is 5.00. The smallest absolute Gasteiger partial charge is 0.306 e. The van der Waals surface area contributed by atoms with Crippen LogP contribution in [0.5, 0.6) is 0 Å². The van der Waals surface area contributed by atoms with Crippen molar-refractivity contribution in [3.63, 3.8) is 0 Å². The van der Waals surface area contributed by atoms with Gasteiger partial charge in [-0.2, -0.15) is 0 Å². The van der Waals surface area contributed by atoms with Gasteiger partial charge >= 0.3 is 5.97 Å². The average Bonchev–Trinajstić information content (AvgIpc) is 2.45. The maximum absolute atomic E-state index is 10.0. The third kappa shape index (κ3) is 1.68. The lowest BCUT2D eigenvalue weighted by Gasteiger charge is -1.83. The molecule has 2 atom stereocenters. The molecule has 1 rings (SSSR count). The van der Waals surface area contributed by atoms with Crippen molar-refractivity contribution in [1.82, 2.24) is 0 Å². The van der Waals surface area contributed by atoms with Crippen molar-refractivity contribution in [2.24, 2.45) is 0 Å². The van der Waals surface area contributed by atoms with Crippen LogP contribution in [0.4, 0.5) is 0 Å². The van der Waals surface area contributed by atoms with Crippen molar-refractivity contribution in [2.45, 2.75) is 32.0 Å². The third-order valence-corrected chi connectivity index (χ3v) is 1.47. The van der Waals surface area contributed by atoms with E-state index in [4.69, 9.17) is 9.84 Å². The minimum absolute atomic E-state index is 0.00694. The van der Waals surface area contributed by atoms with Gasteiger partial charge in [0.1, 0.15) is 0 Å². The van der Waals surface area contributed by atoms with Crippen molar-refractivity contribution in [2.75, 3.05) is 0 Å². The lowest BCUT2D eigenvalue weighted by atomic mass is 10.2. The number of rotatable bonds is 3. The summed E-state index contributed by atoms with van der Waals surface area (Å²) in [6.45, 7) is 1.99. The van der Waals surface area contributed by atoms with Crippen LogP contribution in [0.2, 0.25) is 0 Å². The van der Waals surface area contributed by atoms with Gasteiger partial charge in [-0.05, 0) is 6.42 Å². The Morgan fingerprint density at radius 1 is 1.67 bits per heavy atom. The molecule has 0 radical (unpaired) electrons. The fourth-order valence-corrected chi connectivity index (χ4v) is 0.890. The summed E-state index contributed by atoms with van der Waals surface area (Å²) in [6, 6.07) is 0. The molecule has 9 heavy (non-hydrogen) atoms. The number of carboxylic acid groups (broad SMARTS) is 1. The molecule has 1 aliphatic rings. The van der Waals surface area contributed by atoms with E-state index in [1.54, 1.807) is 0 Å². The zero-order chi connectivity index (χ0) is 6.85. The molecule has 3 heteroatoms. The van der Waals surface area contributed by atoms with E-state index in [1.807, 2.05) is 6.92 Å².